The van der Waals surface area contributed by atoms with Gasteiger partial charge in [-0.2, -0.15) is 0 Å². The molecule has 0 saturated heterocycles. The molecule has 0 unspecified atom stereocenters. The molecule has 4 nitrogen and oxygen atoms in total. The van der Waals surface area contributed by atoms with Crippen LogP contribution in [0.3, 0.4) is 0 Å². The molecular formula is C13H20N2O2. The third-order valence-corrected chi connectivity index (χ3v) is 3.41. The summed E-state index contributed by atoms with van der Waals surface area (Å²) in [5.41, 5.74) is 6.02. The summed E-state index contributed by atoms with van der Waals surface area (Å²) in [6.07, 6.45) is 5.55. The molecule has 2 rings (SSSR count). The van der Waals surface area contributed by atoms with Gasteiger partial charge in [0.25, 0.3) is 5.91 Å². The van der Waals surface area contributed by atoms with Gasteiger partial charge in [-0.3, -0.25) is 4.79 Å². The molecule has 0 atom stereocenters. The smallest absolute Gasteiger partial charge is 0.287 e. The van der Waals surface area contributed by atoms with Crippen molar-refractivity contribution in [3.63, 3.8) is 0 Å². The van der Waals surface area contributed by atoms with Crippen molar-refractivity contribution in [1.29, 1.82) is 0 Å². The van der Waals surface area contributed by atoms with Crippen molar-refractivity contribution in [2.45, 2.75) is 44.6 Å². The maximum Gasteiger partial charge on any atom is 0.287 e. The van der Waals surface area contributed by atoms with Crippen molar-refractivity contribution in [1.82, 2.24) is 5.32 Å². The summed E-state index contributed by atoms with van der Waals surface area (Å²) in [5.74, 6) is 0.936. The number of carbonyl (C=O) groups excluding carboxylic acids is 1. The van der Waals surface area contributed by atoms with Crippen LogP contribution < -0.4 is 11.1 Å². The van der Waals surface area contributed by atoms with E-state index in [2.05, 4.69) is 5.32 Å². The number of amides is 1. The van der Waals surface area contributed by atoms with Crippen LogP contribution in [0.2, 0.25) is 0 Å². The summed E-state index contributed by atoms with van der Waals surface area (Å²) in [7, 11) is 0. The number of furan rings is 1. The highest BCUT2D eigenvalue weighted by Gasteiger charge is 2.28. The zero-order valence-electron chi connectivity index (χ0n) is 10.3. The lowest BCUT2D eigenvalue weighted by atomic mass is 9.82. The van der Waals surface area contributed by atoms with Gasteiger partial charge in [-0.1, -0.05) is 19.3 Å². The maximum absolute atomic E-state index is 11.8. The molecule has 1 aliphatic carbocycles. The largest absolute Gasteiger partial charge is 0.456 e. The van der Waals surface area contributed by atoms with Gasteiger partial charge in [0, 0.05) is 12.1 Å². The standard InChI is InChI=1S/C13H20N2O2/c1-10-5-6-11(17-10)12(16)15-9-13(14)7-3-2-4-8-13/h5-6H,2-4,7-9,14H2,1H3,(H,15,16). The van der Waals surface area contributed by atoms with Gasteiger partial charge in [0.1, 0.15) is 5.76 Å². The molecule has 0 bridgehead atoms. The second-order valence-corrected chi connectivity index (χ2v) is 5.02. The van der Waals surface area contributed by atoms with E-state index in [9.17, 15) is 4.79 Å². The van der Waals surface area contributed by atoms with Crippen molar-refractivity contribution in [3.05, 3.63) is 23.7 Å². The summed E-state index contributed by atoms with van der Waals surface area (Å²) in [4.78, 5) is 11.8. The second kappa shape index (κ2) is 4.92. The number of rotatable bonds is 3. The Morgan fingerprint density at radius 3 is 2.71 bits per heavy atom. The maximum atomic E-state index is 11.8. The second-order valence-electron chi connectivity index (χ2n) is 5.02. The first-order valence-corrected chi connectivity index (χ1v) is 6.23. The topological polar surface area (TPSA) is 68.3 Å². The van der Waals surface area contributed by atoms with E-state index < -0.39 is 0 Å². The first-order chi connectivity index (χ1) is 8.09. The van der Waals surface area contributed by atoms with Crippen LogP contribution in [-0.2, 0) is 0 Å². The van der Waals surface area contributed by atoms with Crippen LogP contribution in [0.1, 0.15) is 48.4 Å². The third-order valence-electron chi connectivity index (χ3n) is 3.41. The summed E-state index contributed by atoms with van der Waals surface area (Å²) >= 11 is 0. The first-order valence-electron chi connectivity index (χ1n) is 6.23. The van der Waals surface area contributed by atoms with E-state index in [1.807, 2.05) is 6.92 Å². The minimum atomic E-state index is -0.227. The Balaban J connectivity index is 1.87. The van der Waals surface area contributed by atoms with E-state index in [0.29, 0.717) is 12.3 Å². The fraction of sp³-hybridized carbons (Fsp3) is 0.615. The number of carbonyl (C=O) groups is 1. The van der Waals surface area contributed by atoms with Gasteiger partial charge < -0.3 is 15.5 Å². The lowest BCUT2D eigenvalue weighted by Crippen LogP contribution is -2.51. The number of hydrogen-bond donors (Lipinski definition) is 2. The minimum Gasteiger partial charge on any atom is -0.456 e. The van der Waals surface area contributed by atoms with E-state index >= 15 is 0 Å². The van der Waals surface area contributed by atoms with Crippen molar-refractivity contribution < 1.29 is 9.21 Å². The van der Waals surface area contributed by atoms with E-state index in [-0.39, 0.29) is 11.4 Å². The van der Waals surface area contributed by atoms with Crippen LogP contribution in [0.5, 0.6) is 0 Å². The van der Waals surface area contributed by atoms with Gasteiger partial charge in [-0.25, -0.2) is 0 Å². The van der Waals surface area contributed by atoms with Crippen LogP contribution >= 0.6 is 0 Å². The zero-order chi connectivity index (χ0) is 12.3. The Morgan fingerprint density at radius 2 is 2.12 bits per heavy atom. The third kappa shape index (κ3) is 3.09. The van der Waals surface area contributed by atoms with Crippen LogP contribution in [0.25, 0.3) is 0 Å². The SMILES string of the molecule is Cc1ccc(C(=O)NCC2(N)CCCCC2)o1. The molecule has 1 heterocycles. The molecule has 0 spiro atoms. The molecule has 1 amide bonds. The van der Waals surface area contributed by atoms with Gasteiger partial charge in [0.15, 0.2) is 5.76 Å². The van der Waals surface area contributed by atoms with E-state index in [4.69, 9.17) is 10.2 Å². The molecule has 17 heavy (non-hydrogen) atoms. The molecule has 3 N–H and O–H groups in total. The Kier molecular flexibility index (Phi) is 3.52. The number of nitrogens with two attached hydrogens (primary N) is 1. The summed E-state index contributed by atoms with van der Waals surface area (Å²) in [6.45, 7) is 2.36. The first kappa shape index (κ1) is 12.2. The van der Waals surface area contributed by atoms with Gasteiger partial charge in [0.2, 0.25) is 0 Å². The Hall–Kier alpha value is -1.29. The number of aryl methyl sites for hydroxylation is 1. The monoisotopic (exact) mass is 236 g/mol. The minimum absolute atomic E-state index is 0.173. The zero-order valence-corrected chi connectivity index (χ0v) is 10.3. The molecule has 4 heteroatoms. The molecular weight excluding hydrogens is 216 g/mol. The van der Waals surface area contributed by atoms with Gasteiger partial charge in [-0.05, 0) is 31.9 Å². The van der Waals surface area contributed by atoms with Crippen LogP contribution in [-0.4, -0.2) is 18.0 Å². The Labute approximate surface area is 102 Å². The quantitative estimate of drug-likeness (QED) is 0.843. The van der Waals surface area contributed by atoms with Crippen molar-refractivity contribution in [2.24, 2.45) is 5.73 Å². The van der Waals surface area contributed by atoms with Crippen LogP contribution in [0.15, 0.2) is 16.5 Å². The highest BCUT2D eigenvalue weighted by molar-refractivity contribution is 5.91. The van der Waals surface area contributed by atoms with E-state index in [1.54, 1.807) is 12.1 Å². The van der Waals surface area contributed by atoms with Crippen LogP contribution in [0, 0.1) is 6.92 Å². The van der Waals surface area contributed by atoms with Crippen molar-refractivity contribution in [2.75, 3.05) is 6.54 Å². The van der Waals surface area contributed by atoms with E-state index in [0.717, 1.165) is 31.4 Å². The van der Waals surface area contributed by atoms with Crippen LogP contribution in [0.4, 0.5) is 0 Å². The molecule has 1 aliphatic rings. The highest BCUT2D eigenvalue weighted by Crippen LogP contribution is 2.25. The van der Waals surface area contributed by atoms with Gasteiger partial charge in [0.05, 0.1) is 0 Å². The molecule has 0 aromatic carbocycles. The van der Waals surface area contributed by atoms with Gasteiger partial charge >= 0.3 is 0 Å². The summed E-state index contributed by atoms with van der Waals surface area (Å²) in [5, 5.41) is 2.86. The molecule has 1 fully saturated rings. The normalized spacial score (nSPS) is 18.9. The molecule has 0 aliphatic heterocycles. The number of hydrogen-bond acceptors (Lipinski definition) is 3. The fourth-order valence-electron chi connectivity index (χ4n) is 2.33. The fourth-order valence-corrected chi connectivity index (χ4v) is 2.33. The lowest BCUT2D eigenvalue weighted by Gasteiger charge is -2.33. The Morgan fingerprint density at radius 1 is 1.41 bits per heavy atom. The van der Waals surface area contributed by atoms with Crippen molar-refractivity contribution >= 4 is 5.91 Å². The predicted molar refractivity (Wildman–Crippen MR) is 65.8 cm³/mol. The van der Waals surface area contributed by atoms with E-state index in [1.165, 1.54) is 6.42 Å². The predicted octanol–water partition coefficient (Wildman–Crippen LogP) is 1.98. The average molecular weight is 236 g/mol. The molecule has 1 aromatic heterocycles. The molecule has 1 aromatic rings. The molecule has 94 valence electrons. The molecule has 1 saturated carbocycles. The average Bonchev–Trinajstić information content (AvgIpc) is 2.74. The molecule has 0 radical (unpaired) electrons. The summed E-state index contributed by atoms with van der Waals surface area (Å²) < 4.78 is 5.27. The van der Waals surface area contributed by atoms with Gasteiger partial charge in [-0.15, -0.1) is 0 Å². The summed E-state index contributed by atoms with van der Waals surface area (Å²) in [6, 6.07) is 3.47. The Bertz CT molecular complexity index is 392. The lowest BCUT2D eigenvalue weighted by molar-refractivity contribution is 0.0908. The highest BCUT2D eigenvalue weighted by atomic mass is 16.3. The number of nitrogens with one attached hydrogen (secondary N) is 1. The van der Waals surface area contributed by atoms with Crippen molar-refractivity contribution in [3.8, 4) is 0 Å².